The first-order valence-corrected chi connectivity index (χ1v) is 10.6. The average molecular weight is 423 g/mol. The molecule has 3 aromatic rings. The van der Waals surface area contributed by atoms with E-state index >= 15 is 0 Å². The lowest BCUT2D eigenvalue weighted by molar-refractivity contribution is -0.136. The summed E-state index contributed by atoms with van der Waals surface area (Å²) in [6, 6.07) is 14.5. The van der Waals surface area contributed by atoms with E-state index in [9.17, 15) is 14.4 Å². The fourth-order valence-electron chi connectivity index (χ4n) is 3.46. The van der Waals surface area contributed by atoms with E-state index in [1.54, 1.807) is 46.8 Å². The summed E-state index contributed by atoms with van der Waals surface area (Å²) >= 11 is 1.56. The van der Waals surface area contributed by atoms with Gasteiger partial charge in [0.1, 0.15) is 5.76 Å². The number of carbonyl (C=O) groups is 3. The molecular formula is C22H21N3O4S. The van der Waals surface area contributed by atoms with Gasteiger partial charge in [0.05, 0.1) is 12.2 Å². The largest absolute Gasteiger partial charge is 0.469 e. The van der Waals surface area contributed by atoms with Crippen molar-refractivity contribution in [1.29, 1.82) is 0 Å². The third-order valence-electron chi connectivity index (χ3n) is 4.94. The number of hydrogen-bond acceptors (Lipinski definition) is 5. The monoisotopic (exact) mass is 423 g/mol. The van der Waals surface area contributed by atoms with Crippen LogP contribution >= 0.6 is 11.3 Å². The van der Waals surface area contributed by atoms with Gasteiger partial charge < -0.3 is 20.0 Å². The van der Waals surface area contributed by atoms with Crippen LogP contribution in [0.4, 0.5) is 11.4 Å². The number of hydrogen-bond donors (Lipinski definition) is 2. The van der Waals surface area contributed by atoms with Gasteiger partial charge in [0, 0.05) is 35.8 Å². The number of thiophene rings is 1. The van der Waals surface area contributed by atoms with Crippen LogP contribution in [-0.4, -0.2) is 30.8 Å². The molecule has 2 aromatic heterocycles. The first kappa shape index (κ1) is 19.9. The van der Waals surface area contributed by atoms with Crippen molar-refractivity contribution in [3.8, 4) is 0 Å². The van der Waals surface area contributed by atoms with Crippen LogP contribution in [0.25, 0.3) is 0 Å². The lowest BCUT2D eigenvalue weighted by Crippen LogP contribution is -2.37. The Bertz CT molecular complexity index is 996. The van der Waals surface area contributed by atoms with E-state index in [0.717, 1.165) is 17.1 Å². The number of rotatable bonds is 6. The number of anilines is 2. The molecule has 1 saturated heterocycles. The summed E-state index contributed by atoms with van der Waals surface area (Å²) in [5.74, 6) is -0.869. The highest BCUT2D eigenvalue weighted by molar-refractivity contribution is 7.10. The minimum absolute atomic E-state index is 0.0637. The molecule has 0 bridgehead atoms. The van der Waals surface area contributed by atoms with Gasteiger partial charge in [-0.1, -0.05) is 12.1 Å². The highest BCUT2D eigenvalue weighted by Crippen LogP contribution is 2.28. The van der Waals surface area contributed by atoms with E-state index in [2.05, 4.69) is 10.6 Å². The van der Waals surface area contributed by atoms with Gasteiger partial charge >= 0.3 is 11.8 Å². The van der Waals surface area contributed by atoms with Gasteiger partial charge in [0.25, 0.3) is 0 Å². The number of nitrogens with zero attached hydrogens (tertiary/aromatic N) is 1. The lowest BCUT2D eigenvalue weighted by atomic mass is 10.0. The summed E-state index contributed by atoms with van der Waals surface area (Å²) in [6.07, 6.45) is 2.93. The quantitative estimate of drug-likeness (QED) is 0.595. The molecule has 3 heterocycles. The zero-order valence-electron chi connectivity index (χ0n) is 16.2. The Labute approximate surface area is 177 Å². The molecule has 3 amide bonds. The van der Waals surface area contributed by atoms with E-state index < -0.39 is 11.8 Å². The van der Waals surface area contributed by atoms with Gasteiger partial charge in [-0.15, -0.1) is 11.3 Å². The van der Waals surface area contributed by atoms with Crippen LogP contribution < -0.4 is 15.5 Å². The van der Waals surface area contributed by atoms with Crippen molar-refractivity contribution in [2.75, 3.05) is 23.3 Å². The molecule has 4 rings (SSSR count). The molecule has 8 heteroatoms. The minimum Gasteiger partial charge on any atom is -0.469 e. The number of nitrogens with one attached hydrogen (secondary N) is 2. The predicted molar refractivity (Wildman–Crippen MR) is 115 cm³/mol. The van der Waals surface area contributed by atoms with Crippen molar-refractivity contribution in [2.45, 2.75) is 18.8 Å². The van der Waals surface area contributed by atoms with Crippen LogP contribution in [-0.2, 0) is 14.4 Å². The zero-order chi connectivity index (χ0) is 20.9. The van der Waals surface area contributed by atoms with Crippen molar-refractivity contribution in [3.05, 3.63) is 70.8 Å². The van der Waals surface area contributed by atoms with Gasteiger partial charge in [0.2, 0.25) is 5.91 Å². The van der Waals surface area contributed by atoms with Gasteiger partial charge in [-0.3, -0.25) is 14.4 Å². The molecule has 0 saturated carbocycles. The van der Waals surface area contributed by atoms with Gasteiger partial charge in [-0.2, -0.15) is 0 Å². The molecule has 0 spiro atoms. The summed E-state index contributed by atoms with van der Waals surface area (Å²) in [5, 5.41) is 7.25. The molecule has 0 unspecified atom stereocenters. The Morgan fingerprint density at radius 2 is 2.03 bits per heavy atom. The number of amides is 3. The molecule has 154 valence electrons. The highest BCUT2D eigenvalue weighted by Gasteiger charge is 2.23. The van der Waals surface area contributed by atoms with Crippen molar-refractivity contribution in [3.63, 3.8) is 0 Å². The van der Waals surface area contributed by atoms with E-state index in [-0.39, 0.29) is 18.4 Å². The van der Waals surface area contributed by atoms with Crippen LogP contribution in [0.2, 0.25) is 0 Å². The molecule has 1 aliphatic heterocycles. The lowest BCUT2D eigenvalue weighted by Gasteiger charge is -2.17. The Hall–Kier alpha value is -3.39. The van der Waals surface area contributed by atoms with Crippen LogP contribution in [0.15, 0.2) is 64.6 Å². The van der Waals surface area contributed by atoms with Crippen LogP contribution in [0.3, 0.4) is 0 Å². The maximum Gasteiger partial charge on any atom is 0.313 e. The molecule has 0 radical (unpaired) electrons. The van der Waals surface area contributed by atoms with E-state index in [4.69, 9.17) is 4.42 Å². The Morgan fingerprint density at radius 1 is 1.13 bits per heavy atom. The SMILES string of the molecule is O=C(NC[C@@H](c1ccco1)c1cccs1)C(=O)Nc1cccc(N2CCCC2=O)c1. The molecule has 2 N–H and O–H groups in total. The van der Waals surface area contributed by atoms with E-state index in [0.29, 0.717) is 24.3 Å². The predicted octanol–water partition coefficient (Wildman–Crippen LogP) is 3.35. The normalized spacial score (nSPS) is 14.5. The Morgan fingerprint density at radius 3 is 2.73 bits per heavy atom. The summed E-state index contributed by atoms with van der Waals surface area (Å²) in [4.78, 5) is 39.4. The Kier molecular flexibility index (Phi) is 5.94. The maximum absolute atomic E-state index is 12.4. The van der Waals surface area contributed by atoms with Crippen molar-refractivity contribution in [2.24, 2.45) is 0 Å². The third kappa shape index (κ3) is 4.44. The third-order valence-corrected chi connectivity index (χ3v) is 5.92. The summed E-state index contributed by atoms with van der Waals surface area (Å²) in [5.41, 5.74) is 1.18. The molecule has 30 heavy (non-hydrogen) atoms. The first-order valence-electron chi connectivity index (χ1n) is 9.68. The summed E-state index contributed by atoms with van der Waals surface area (Å²) in [6.45, 7) is 0.899. The topological polar surface area (TPSA) is 91.7 Å². The highest BCUT2D eigenvalue weighted by atomic mass is 32.1. The van der Waals surface area contributed by atoms with Gasteiger partial charge in [0.15, 0.2) is 0 Å². The first-order chi connectivity index (χ1) is 14.6. The van der Waals surface area contributed by atoms with Crippen molar-refractivity contribution < 1.29 is 18.8 Å². The second-order valence-electron chi connectivity index (χ2n) is 6.95. The molecule has 1 aliphatic rings. The van der Waals surface area contributed by atoms with Gasteiger partial charge in [-0.25, -0.2) is 0 Å². The zero-order valence-corrected chi connectivity index (χ0v) is 17.0. The Balaban J connectivity index is 1.38. The van der Waals surface area contributed by atoms with Crippen LogP contribution in [0, 0.1) is 0 Å². The smallest absolute Gasteiger partial charge is 0.313 e. The second-order valence-corrected chi connectivity index (χ2v) is 7.93. The molecule has 0 aliphatic carbocycles. The van der Waals surface area contributed by atoms with Crippen LogP contribution in [0.1, 0.15) is 29.4 Å². The van der Waals surface area contributed by atoms with E-state index in [1.165, 1.54) is 0 Å². The maximum atomic E-state index is 12.4. The fourth-order valence-corrected chi connectivity index (χ4v) is 4.29. The van der Waals surface area contributed by atoms with E-state index in [1.807, 2.05) is 29.6 Å². The summed E-state index contributed by atoms with van der Waals surface area (Å²) in [7, 11) is 0. The second kappa shape index (κ2) is 8.96. The number of furan rings is 1. The average Bonchev–Trinajstić information content (AvgIpc) is 3.51. The van der Waals surface area contributed by atoms with Gasteiger partial charge in [-0.05, 0) is 48.2 Å². The molecule has 1 atom stereocenters. The standard InChI is InChI=1S/C22H21N3O4S/c26-20-9-2-10-25(20)16-6-1-5-15(13-16)24-22(28)21(27)23-14-17(18-7-3-11-29-18)19-8-4-12-30-19/h1,3-8,11-13,17H,2,9-10,14H2,(H,23,27)(H,24,28)/t17-/m0/s1. The minimum atomic E-state index is -0.760. The molecule has 1 fully saturated rings. The fraction of sp³-hybridized carbons (Fsp3) is 0.227. The molecular weight excluding hydrogens is 402 g/mol. The van der Waals surface area contributed by atoms with Crippen LogP contribution in [0.5, 0.6) is 0 Å². The molecule has 1 aromatic carbocycles. The summed E-state index contributed by atoms with van der Waals surface area (Å²) < 4.78 is 5.50. The van der Waals surface area contributed by atoms with Crippen molar-refractivity contribution in [1.82, 2.24) is 5.32 Å². The number of carbonyl (C=O) groups excluding carboxylic acids is 3. The van der Waals surface area contributed by atoms with Crippen molar-refractivity contribution >= 4 is 40.4 Å². The number of benzene rings is 1. The molecule has 7 nitrogen and oxygen atoms in total.